The topological polar surface area (TPSA) is 155 Å². The lowest BCUT2D eigenvalue weighted by molar-refractivity contribution is -0.147. The second-order valence-corrected chi connectivity index (χ2v) is 16.6. The van der Waals surface area contributed by atoms with Crippen LogP contribution in [0.1, 0.15) is 97.0 Å². The van der Waals surface area contributed by atoms with Crippen molar-refractivity contribution in [1.29, 1.82) is 0 Å². The number of piperidine rings is 1. The summed E-state index contributed by atoms with van der Waals surface area (Å²) in [6.07, 6.45) is 8.09. The number of carbonyl (C=O) groups is 4. The Labute approximate surface area is 333 Å². The van der Waals surface area contributed by atoms with Crippen LogP contribution in [0, 0.1) is 23.7 Å². The maximum absolute atomic E-state index is 14.3. The minimum atomic E-state index is -0.716. The molecule has 1 aliphatic carbocycles. The van der Waals surface area contributed by atoms with Gasteiger partial charge in [0.2, 0.25) is 23.6 Å². The fourth-order valence-corrected chi connectivity index (χ4v) is 9.28. The number of hydrogen-bond donors (Lipinski definition) is 3. The van der Waals surface area contributed by atoms with Crippen LogP contribution < -0.4 is 16.0 Å². The fourth-order valence-electron chi connectivity index (χ4n) is 9.28. The number of fused-ring (bicyclic) bond motifs is 2. The van der Waals surface area contributed by atoms with E-state index in [1.54, 1.807) is 44.6 Å². The van der Waals surface area contributed by atoms with Gasteiger partial charge in [0.05, 0.1) is 48.7 Å². The first-order chi connectivity index (χ1) is 26.9. The average Bonchev–Trinajstić information content (AvgIpc) is 3.99. The Hall–Kier alpha value is -3.94. The molecule has 3 aliphatic rings. The number of hydrogen-bond acceptors (Lipinski definition) is 9. The van der Waals surface area contributed by atoms with Gasteiger partial charge in [0.25, 0.3) is 0 Å². The maximum Gasteiger partial charge on any atom is 0.245 e. The van der Waals surface area contributed by atoms with Gasteiger partial charge in [-0.1, -0.05) is 71.4 Å². The van der Waals surface area contributed by atoms with E-state index in [1.807, 2.05) is 56.0 Å². The number of rotatable bonds is 19. The lowest BCUT2D eigenvalue weighted by Crippen LogP contribution is -2.59. The SMILES string of the molecule is CC[C@H](C)[C@@H]([C@@H](CC(=O)N1CCC[C@H]1[C@H](OC)[C@@H](C)C(=O)N[C@H](Cc1ccccc1)c1ncccn1)OC)N(C)C(=O)[C@@H](NC(=O)[C@H]1N[C@@H]2CC[C@H]1C2)C(C)C. The van der Waals surface area contributed by atoms with Crippen LogP contribution in [0.15, 0.2) is 48.8 Å². The van der Waals surface area contributed by atoms with Crippen molar-refractivity contribution in [3.63, 3.8) is 0 Å². The number of amides is 4. The van der Waals surface area contributed by atoms with Gasteiger partial charge in [0.15, 0.2) is 5.82 Å². The minimum absolute atomic E-state index is 0.000287. The summed E-state index contributed by atoms with van der Waals surface area (Å²) in [5.74, 6) is -0.536. The molecular weight excluding hydrogens is 711 g/mol. The molecule has 0 unspecified atom stereocenters. The van der Waals surface area contributed by atoms with Crippen LogP contribution in [0.25, 0.3) is 0 Å². The number of carbonyl (C=O) groups excluding carboxylic acids is 4. The Kier molecular flexibility index (Phi) is 15.4. The Morgan fingerprint density at radius 1 is 0.964 bits per heavy atom. The molecule has 2 aliphatic heterocycles. The van der Waals surface area contributed by atoms with Crippen LogP contribution in [-0.4, -0.2) is 114 Å². The van der Waals surface area contributed by atoms with Crippen molar-refractivity contribution in [3.05, 3.63) is 60.2 Å². The van der Waals surface area contributed by atoms with Gasteiger partial charge in [-0.2, -0.15) is 0 Å². The number of aromatic nitrogens is 2. The molecule has 1 aromatic heterocycles. The van der Waals surface area contributed by atoms with Crippen molar-refractivity contribution in [1.82, 2.24) is 35.7 Å². The Morgan fingerprint density at radius 3 is 2.27 bits per heavy atom. The molecule has 2 bridgehead atoms. The third-order valence-corrected chi connectivity index (χ3v) is 12.6. The largest absolute Gasteiger partial charge is 0.379 e. The summed E-state index contributed by atoms with van der Waals surface area (Å²) in [5, 5.41) is 9.72. The van der Waals surface area contributed by atoms with Crippen LogP contribution in [0.3, 0.4) is 0 Å². The molecule has 13 nitrogen and oxygen atoms in total. The molecule has 3 heterocycles. The van der Waals surface area contributed by atoms with Gasteiger partial charge >= 0.3 is 0 Å². The van der Waals surface area contributed by atoms with Crippen LogP contribution in [0.2, 0.25) is 0 Å². The molecule has 1 aromatic carbocycles. The maximum atomic E-state index is 14.3. The summed E-state index contributed by atoms with van der Waals surface area (Å²) >= 11 is 0. The fraction of sp³-hybridized carbons (Fsp3) is 0.674. The number of ether oxygens (including phenoxy) is 2. The molecule has 308 valence electrons. The highest BCUT2D eigenvalue weighted by Gasteiger charge is 2.46. The molecule has 4 amide bonds. The van der Waals surface area contributed by atoms with E-state index in [-0.39, 0.29) is 54.0 Å². The van der Waals surface area contributed by atoms with Crippen LogP contribution >= 0.6 is 0 Å². The molecule has 11 atom stereocenters. The van der Waals surface area contributed by atoms with Gasteiger partial charge in [-0.05, 0) is 67.9 Å². The predicted molar refractivity (Wildman–Crippen MR) is 214 cm³/mol. The van der Waals surface area contributed by atoms with Gasteiger partial charge in [0.1, 0.15) is 6.04 Å². The summed E-state index contributed by atoms with van der Waals surface area (Å²) in [5.41, 5.74) is 1.04. The van der Waals surface area contributed by atoms with Crippen molar-refractivity contribution in [3.8, 4) is 0 Å². The number of likely N-dealkylation sites (N-methyl/N-ethyl adjacent to an activating group) is 1. The minimum Gasteiger partial charge on any atom is -0.379 e. The van der Waals surface area contributed by atoms with Crippen molar-refractivity contribution in [2.24, 2.45) is 23.7 Å². The first-order valence-electron chi connectivity index (χ1n) is 20.7. The van der Waals surface area contributed by atoms with Gasteiger partial charge in [-0.3, -0.25) is 19.2 Å². The Morgan fingerprint density at radius 2 is 1.68 bits per heavy atom. The highest BCUT2D eigenvalue weighted by atomic mass is 16.5. The molecule has 2 saturated heterocycles. The number of nitrogens with zero attached hydrogens (tertiary/aromatic N) is 4. The number of nitrogens with one attached hydrogen (secondary N) is 3. The van der Waals surface area contributed by atoms with Crippen LogP contribution in [0.5, 0.6) is 0 Å². The van der Waals surface area contributed by atoms with Crippen LogP contribution in [-0.2, 0) is 35.1 Å². The third-order valence-electron chi connectivity index (χ3n) is 12.6. The molecule has 5 rings (SSSR count). The first-order valence-corrected chi connectivity index (χ1v) is 20.7. The van der Waals surface area contributed by atoms with Crippen LogP contribution in [0.4, 0.5) is 0 Å². The van der Waals surface area contributed by atoms with Crippen molar-refractivity contribution in [2.75, 3.05) is 27.8 Å². The van der Waals surface area contributed by atoms with E-state index < -0.39 is 36.3 Å². The molecule has 13 heteroatoms. The molecular formula is C43H65N7O6. The van der Waals surface area contributed by atoms with E-state index in [1.165, 1.54) is 0 Å². The zero-order valence-corrected chi connectivity index (χ0v) is 34.6. The quantitative estimate of drug-likeness (QED) is 0.192. The average molecular weight is 776 g/mol. The Balaban J connectivity index is 1.27. The normalized spacial score (nSPS) is 24.2. The number of methoxy groups -OCH3 is 2. The van der Waals surface area contributed by atoms with E-state index in [2.05, 4.69) is 39.8 Å². The second-order valence-electron chi connectivity index (χ2n) is 16.6. The molecule has 0 radical (unpaired) electrons. The Bertz CT molecular complexity index is 1600. The first kappa shape index (κ1) is 43.2. The molecule has 1 saturated carbocycles. The van der Waals surface area contributed by atoms with Crippen molar-refractivity contribution >= 4 is 23.6 Å². The molecule has 3 fully saturated rings. The molecule has 56 heavy (non-hydrogen) atoms. The van der Waals surface area contributed by atoms with E-state index >= 15 is 0 Å². The summed E-state index contributed by atoms with van der Waals surface area (Å²) in [4.78, 5) is 68.4. The molecule has 3 N–H and O–H groups in total. The highest BCUT2D eigenvalue weighted by Crippen LogP contribution is 2.35. The third kappa shape index (κ3) is 10.1. The van der Waals surface area contributed by atoms with Crippen molar-refractivity contribution in [2.45, 2.75) is 134 Å². The van der Waals surface area contributed by atoms with Gasteiger partial charge in [0, 0.05) is 46.2 Å². The monoisotopic (exact) mass is 775 g/mol. The standard InChI is InChI=1S/C43H65N7O6/c1-9-27(4)38(49(6)43(54)36(26(2)3)48-42(53)37-30-18-19-31(24-30)46-37)34(55-7)25-35(51)50-22-13-17-33(50)39(56-8)28(5)41(52)47-32(40-44-20-14-21-45-40)23-29-15-11-10-12-16-29/h10-12,14-16,20-21,26-28,30-34,36-39,46H,9,13,17-19,22-25H2,1-8H3,(H,47,52)(H,48,53)/t27-,28+,30-,31+,32+,33-,34+,36-,37-,38-,39+/m0/s1. The zero-order valence-electron chi connectivity index (χ0n) is 34.6. The second kappa shape index (κ2) is 20.0. The zero-order chi connectivity index (χ0) is 40.5. The number of likely N-dealkylation sites (tertiary alicyclic amines) is 1. The summed E-state index contributed by atoms with van der Waals surface area (Å²) < 4.78 is 12.1. The predicted octanol–water partition coefficient (Wildman–Crippen LogP) is 4.08. The number of benzene rings is 1. The van der Waals surface area contributed by atoms with E-state index in [0.29, 0.717) is 37.2 Å². The highest BCUT2D eigenvalue weighted by molar-refractivity contribution is 5.90. The summed E-state index contributed by atoms with van der Waals surface area (Å²) in [6.45, 7) is 10.4. The lowest BCUT2D eigenvalue weighted by Gasteiger charge is -2.41. The lowest BCUT2D eigenvalue weighted by atomic mass is 9.89. The summed E-state index contributed by atoms with van der Waals surface area (Å²) in [6, 6.07) is 9.83. The van der Waals surface area contributed by atoms with E-state index in [9.17, 15) is 19.2 Å². The van der Waals surface area contributed by atoms with E-state index in [4.69, 9.17) is 9.47 Å². The molecule has 2 aromatic rings. The van der Waals surface area contributed by atoms with Gasteiger partial charge < -0.3 is 35.2 Å². The van der Waals surface area contributed by atoms with E-state index in [0.717, 1.165) is 37.7 Å². The molecule has 0 spiro atoms. The van der Waals surface area contributed by atoms with Crippen molar-refractivity contribution < 1.29 is 28.7 Å². The van der Waals surface area contributed by atoms with Gasteiger partial charge in [-0.15, -0.1) is 0 Å². The smallest absolute Gasteiger partial charge is 0.245 e. The van der Waals surface area contributed by atoms with Gasteiger partial charge in [-0.25, -0.2) is 9.97 Å². The summed E-state index contributed by atoms with van der Waals surface area (Å²) in [7, 11) is 4.94.